The highest BCUT2D eigenvalue weighted by molar-refractivity contribution is 5.67. The van der Waals surface area contributed by atoms with Crippen LogP contribution < -0.4 is 5.73 Å². The number of nitrogens with zero attached hydrogens (tertiary/aromatic N) is 2. The number of pyridine rings is 1. The zero-order valence-electron chi connectivity index (χ0n) is 12.1. The molecule has 0 aliphatic rings. The number of aromatic nitrogens is 2. The van der Waals surface area contributed by atoms with Crippen molar-refractivity contribution in [3.8, 4) is 11.3 Å². The van der Waals surface area contributed by atoms with E-state index in [4.69, 9.17) is 10.7 Å². The van der Waals surface area contributed by atoms with Gasteiger partial charge in [0.2, 0.25) is 0 Å². The van der Waals surface area contributed by atoms with E-state index in [0.717, 1.165) is 22.6 Å². The number of nitrogens with two attached hydrogens (primary N) is 1. The van der Waals surface area contributed by atoms with E-state index in [-0.39, 0.29) is 0 Å². The Labute approximate surface area is 119 Å². The molecule has 2 N–H and O–H groups in total. The van der Waals surface area contributed by atoms with Crippen LogP contribution in [0, 0.1) is 20.8 Å². The van der Waals surface area contributed by atoms with Crippen molar-refractivity contribution in [2.45, 2.75) is 27.3 Å². The van der Waals surface area contributed by atoms with Gasteiger partial charge in [0.15, 0.2) is 0 Å². The standard InChI is InChI=1S/C17H19N3/c1-11-4-6-15(8-12(11)2)17-13(3)20-10-14(9-18)5-7-16(20)19-17/h4-8,10H,9,18H2,1-3H3. The molecule has 0 radical (unpaired) electrons. The first-order chi connectivity index (χ1) is 9.60. The van der Waals surface area contributed by atoms with Gasteiger partial charge < -0.3 is 10.1 Å². The molecule has 20 heavy (non-hydrogen) atoms. The molecule has 0 fully saturated rings. The fourth-order valence-electron chi connectivity index (χ4n) is 2.49. The second-order valence-corrected chi connectivity index (χ2v) is 5.31. The Balaban J connectivity index is 2.21. The van der Waals surface area contributed by atoms with Gasteiger partial charge in [-0.1, -0.05) is 18.2 Å². The summed E-state index contributed by atoms with van der Waals surface area (Å²) in [5.41, 5.74) is 13.8. The molecule has 0 aliphatic carbocycles. The van der Waals surface area contributed by atoms with Gasteiger partial charge in [-0.05, 0) is 49.6 Å². The molecule has 2 aromatic heterocycles. The van der Waals surface area contributed by atoms with Crippen LogP contribution in [-0.4, -0.2) is 9.38 Å². The summed E-state index contributed by atoms with van der Waals surface area (Å²) in [7, 11) is 0. The minimum absolute atomic E-state index is 0.548. The summed E-state index contributed by atoms with van der Waals surface area (Å²) in [6, 6.07) is 10.6. The number of fused-ring (bicyclic) bond motifs is 1. The molecule has 0 bridgehead atoms. The predicted molar refractivity (Wildman–Crippen MR) is 82.7 cm³/mol. The second kappa shape index (κ2) is 4.76. The van der Waals surface area contributed by atoms with Gasteiger partial charge in [-0.3, -0.25) is 0 Å². The molecule has 0 unspecified atom stereocenters. The van der Waals surface area contributed by atoms with Gasteiger partial charge in [0.1, 0.15) is 5.65 Å². The van der Waals surface area contributed by atoms with Crippen molar-refractivity contribution >= 4 is 5.65 Å². The van der Waals surface area contributed by atoms with Crippen LogP contribution >= 0.6 is 0 Å². The van der Waals surface area contributed by atoms with Crippen LogP contribution in [-0.2, 0) is 6.54 Å². The first-order valence-corrected chi connectivity index (χ1v) is 6.85. The van der Waals surface area contributed by atoms with E-state index in [0.29, 0.717) is 6.54 Å². The quantitative estimate of drug-likeness (QED) is 0.772. The SMILES string of the molecule is Cc1ccc(-c2nc3ccc(CN)cn3c2C)cc1C. The van der Waals surface area contributed by atoms with Gasteiger partial charge in [-0.25, -0.2) is 4.98 Å². The minimum Gasteiger partial charge on any atom is -0.326 e. The Morgan fingerprint density at radius 1 is 1.05 bits per heavy atom. The van der Waals surface area contributed by atoms with Crippen LogP contribution in [0.1, 0.15) is 22.4 Å². The molecule has 1 aromatic carbocycles. The highest BCUT2D eigenvalue weighted by Gasteiger charge is 2.11. The van der Waals surface area contributed by atoms with Gasteiger partial charge in [0.25, 0.3) is 0 Å². The maximum atomic E-state index is 5.71. The Morgan fingerprint density at radius 2 is 1.85 bits per heavy atom. The Hall–Kier alpha value is -2.13. The maximum absolute atomic E-state index is 5.71. The summed E-state index contributed by atoms with van der Waals surface area (Å²) in [5.74, 6) is 0. The van der Waals surface area contributed by atoms with E-state index in [1.54, 1.807) is 0 Å². The Bertz CT molecular complexity index is 784. The van der Waals surface area contributed by atoms with Crippen molar-refractivity contribution in [3.63, 3.8) is 0 Å². The first kappa shape index (κ1) is 12.9. The van der Waals surface area contributed by atoms with Gasteiger partial charge in [0, 0.05) is 24.0 Å². The summed E-state index contributed by atoms with van der Waals surface area (Å²) < 4.78 is 2.12. The highest BCUT2D eigenvalue weighted by atomic mass is 15.0. The number of imidazole rings is 1. The largest absolute Gasteiger partial charge is 0.326 e. The smallest absolute Gasteiger partial charge is 0.137 e. The van der Waals surface area contributed by atoms with Gasteiger partial charge in [-0.15, -0.1) is 0 Å². The van der Waals surface area contributed by atoms with Crippen LogP contribution in [0.4, 0.5) is 0 Å². The van der Waals surface area contributed by atoms with Crippen molar-refractivity contribution in [1.82, 2.24) is 9.38 Å². The number of hydrogen-bond donors (Lipinski definition) is 1. The molecule has 0 aliphatic heterocycles. The predicted octanol–water partition coefficient (Wildman–Crippen LogP) is 3.39. The summed E-state index contributed by atoms with van der Waals surface area (Å²) >= 11 is 0. The molecular formula is C17H19N3. The van der Waals surface area contributed by atoms with Crippen molar-refractivity contribution in [2.75, 3.05) is 0 Å². The molecule has 3 heteroatoms. The summed E-state index contributed by atoms with van der Waals surface area (Å²) in [4.78, 5) is 4.75. The summed E-state index contributed by atoms with van der Waals surface area (Å²) in [5, 5.41) is 0. The molecule has 0 spiro atoms. The molecule has 0 saturated heterocycles. The van der Waals surface area contributed by atoms with E-state index in [1.807, 2.05) is 12.1 Å². The third-order valence-corrected chi connectivity index (χ3v) is 3.93. The average molecular weight is 265 g/mol. The second-order valence-electron chi connectivity index (χ2n) is 5.31. The average Bonchev–Trinajstić information content (AvgIpc) is 2.79. The topological polar surface area (TPSA) is 43.3 Å². The molecule has 3 rings (SSSR count). The number of hydrogen-bond acceptors (Lipinski definition) is 2. The highest BCUT2D eigenvalue weighted by Crippen LogP contribution is 2.26. The lowest BCUT2D eigenvalue weighted by atomic mass is 10.0. The third-order valence-electron chi connectivity index (χ3n) is 3.93. The van der Waals surface area contributed by atoms with E-state index in [9.17, 15) is 0 Å². The molecule has 0 atom stereocenters. The fraction of sp³-hybridized carbons (Fsp3) is 0.235. The fourth-order valence-corrected chi connectivity index (χ4v) is 2.49. The van der Waals surface area contributed by atoms with Crippen molar-refractivity contribution in [1.29, 1.82) is 0 Å². The van der Waals surface area contributed by atoms with E-state index < -0.39 is 0 Å². The number of benzene rings is 1. The van der Waals surface area contributed by atoms with Crippen LogP contribution in [0.5, 0.6) is 0 Å². The van der Waals surface area contributed by atoms with Crippen LogP contribution in [0.15, 0.2) is 36.5 Å². The normalized spacial score (nSPS) is 11.2. The van der Waals surface area contributed by atoms with Crippen molar-refractivity contribution < 1.29 is 0 Å². The van der Waals surface area contributed by atoms with Crippen molar-refractivity contribution in [2.24, 2.45) is 5.73 Å². The van der Waals surface area contributed by atoms with Crippen LogP contribution in [0.3, 0.4) is 0 Å². The molecular weight excluding hydrogens is 246 g/mol. The number of rotatable bonds is 2. The molecule has 3 aromatic rings. The van der Waals surface area contributed by atoms with Gasteiger partial charge in [-0.2, -0.15) is 0 Å². The summed E-state index contributed by atoms with van der Waals surface area (Å²) in [6.45, 7) is 6.91. The lowest BCUT2D eigenvalue weighted by molar-refractivity contribution is 1.01. The van der Waals surface area contributed by atoms with Crippen molar-refractivity contribution in [3.05, 3.63) is 58.9 Å². The lowest BCUT2D eigenvalue weighted by Crippen LogP contribution is -1.98. The van der Waals surface area contributed by atoms with Crippen LogP contribution in [0.25, 0.3) is 16.9 Å². The van der Waals surface area contributed by atoms with E-state index in [2.05, 4.69) is 49.6 Å². The summed E-state index contributed by atoms with van der Waals surface area (Å²) in [6.07, 6.45) is 2.07. The zero-order valence-corrected chi connectivity index (χ0v) is 12.1. The van der Waals surface area contributed by atoms with Gasteiger partial charge >= 0.3 is 0 Å². The zero-order chi connectivity index (χ0) is 14.3. The maximum Gasteiger partial charge on any atom is 0.137 e. The van der Waals surface area contributed by atoms with Crippen LogP contribution in [0.2, 0.25) is 0 Å². The first-order valence-electron chi connectivity index (χ1n) is 6.85. The molecule has 0 saturated carbocycles. The molecule has 3 nitrogen and oxygen atoms in total. The monoisotopic (exact) mass is 265 g/mol. The van der Waals surface area contributed by atoms with E-state index in [1.165, 1.54) is 16.7 Å². The Kier molecular flexibility index (Phi) is 3.07. The molecule has 2 heterocycles. The molecule has 0 amide bonds. The lowest BCUT2D eigenvalue weighted by Gasteiger charge is -2.04. The minimum atomic E-state index is 0.548. The van der Waals surface area contributed by atoms with E-state index >= 15 is 0 Å². The van der Waals surface area contributed by atoms with Gasteiger partial charge in [0.05, 0.1) is 5.69 Å². The Morgan fingerprint density at radius 3 is 2.55 bits per heavy atom. The molecule has 102 valence electrons. The number of aryl methyl sites for hydroxylation is 3. The third kappa shape index (κ3) is 2.00.